The summed E-state index contributed by atoms with van der Waals surface area (Å²) in [6.45, 7) is 2.44. The van der Waals surface area contributed by atoms with Gasteiger partial charge in [0.25, 0.3) is 0 Å². The van der Waals surface area contributed by atoms with E-state index in [1.165, 1.54) is 3.58 Å². The number of carbonyl (C=O) groups is 1. The van der Waals surface area contributed by atoms with E-state index in [4.69, 9.17) is 21.1 Å². The fourth-order valence-electron chi connectivity index (χ4n) is 2.58. The minimum absolute atomic E-state index is 0.164. The summed E-state index contributed by atoms with van der Waals surface area (Å²) in [5, 5.41) is 9.61. The zero-order valence-electron chi connectivity index (χ0n) is 15.8. The number of hydrogen-bond acceptors (Lipinski definition) is 3. The number of halogens is 3. The van der Waals surface area contributed by atoms with E-state index in [0.717, 1.165) is 12.0 Å². The fourth-order valence-corrected chi connectivity index (χ4v) is 5.15. The first kappa shape index (κ1) is 24.3. The van der Waals surface area contributed by atoms with Crippen LogP contribution in [0.4, 0.5) is 0 Å². The van der Waals surface area contributed by atoms with E-state index in [9.17, 15) is 9.90 Å². The molecule has 0 heterocycles. The molecule has 0 radical (unpaired) electrons. The number of ether oxygens (including phenoxy) is 2. The van der Waals surface area contributed by atoms with Gasteiger partial charge in [0.2, 0.25) is 0 Å². The van der Waals surface area contributed by atoms with Gasteiger partial charge >= 0.3 is 5.97 Å². The van der Waals surface area contributed by atoms with Crippen molar-refractivity contribution in [3.05, 3.63) is 62.7 Å². The van der Waals surface area contributed by atoms with Gasteiger partial charge in [-0.15, -0.1) is 0 Å². The van der Waals surface area contributed by atoms with Gasteiger partial charge in [0.1, 0.15) is 15.8 Å². The van der Waals surface area contributed by atoms with Crippen molar-refractivity contribution in [3.8, 4) is 17.6 Å². The highest BCUT2D eigenvalue weighted by Crippen LogP contribution is 2.34. The van der Waals surface area contributed by atoms with E-state index in [1.807, 2.05) is 12.2 Å². The summed E-state index contributed by atoms with van der Waals surface area (Å²) in [6, 6.07) is 5.24. The lowest BCUT2D eigenvalue weighted by atomic mass is 10.0. The van der Waals surface area contributed by atoms with E-state index in [0.29, 0.717) is 24.0 Å². The van der Waals surface area contributed by atoms with Crippen LogP contribution >= 0.6 is 56.8 Å². The summed E-state index contributed by atoms with van der Waals surface area (Å²) < 4.78 is 12.0. The first-order valence-corrected chi connectivity index (χ1v) is 11.5. The largest absolute Gasteiger partial charge is 0.488 e. The molecule has 7 heteroatoms. The molecule has 1 N–H and O–H groups in total. The maximum atomic E-state index is 11.2. The summed E-state index contributed by atoms with van der Waals surface area (Å²) in [4.78, 5) is 11.2. The van der Waals surface area contributed by atoms with Crippen molar-refractivity contribution >= 4 is 62.8 Å². The monoisotopic (exact) mass is 638 g/mol. The fraction of sp³-hybridized carbons (Fsp3) is 0.318. The molecule has 0 bridgehead atoms. The molecule has 0 aliphatic heterocycles. The van der Waals surface area contributed by atoms with Crippen molar-refractivity contribution in [2.75, 3.05) is 13.2 Å². The van der Waals surface area contributed by atoms with Gasteiger partial charge in [0, 0.05) is 19.4 Å². The number of carboxylic acids is 1. The van der Waals surface area contributed by atoms with E-state index in [1.54, 1.807) is 31.2 Å². The second-order valence-electron chi connectivity index (χ2n) is 6.25. The Labute approximate surface area is 203 Å². The molecule has 1 aliphatic carbocycles. The topological polar surface area (TPSA) is 55.8 Å². The summed E-state index contributed by atoms with van der Waals surface area (Å²) >= 11 is 11.0. The van der Waals surface area contributed by atoms with Crippen molar-refractivity contribution in [1.82, 2.24) is 0 Å². The van der Waals surface area contributed by atoms with Gasteiger partial charge in [0.05, 0.1) is 5.02 Å². The second kappa shape index (κ2) is 12.0. The minimum Gasteiger partial charge on any atom is -0.488 e. The SMILES string of the molecule is CCO[C@@H](Cc1ccc(OC/C=C/C#CC2(I)C=CC=C(I)C2)c(Cl)c1)C(=O)O. The van der Waals surface area contributed by atoms with Gasteiger partial charge < -0.3 is 14.6 Å². The molecule has 0 saturated carbocycles. The Kier molecular flexibility index (Phi) is 10.0. The van der Waals surface area contributed by atoms with Crippen molar-refractivity contribution < 1.29 is 19.4 Å². The predicted octanol–water partition coefficient (Wildman–Crippen LogP) is 5.76. The maximum Gasteiger partial charge on any atom is 0.333 e. The first-order chi connectivity index (χ1) is 13.8. The van der Waals surface area contributed by atoms with Gasteiger partial charge in [0.15, 0.2) is 6.10 Å². The third-order valence-corrected chi connectivity index (χ3v) is 5.99. The van der Waals surface area contributed by atoms with Crippen LogP contribution in [0.25, 0.3) is 0 Å². The van der Waals surface area contributed by atoms with Crippen LogP contribution in [-0.2, 0) is 16.0 Å². The Morgan fingerprint density at radius 2 is 2.28 bits per heavy atom. The number of hydrogen-bond donors (Lipinski definition) is 1. The highest BCUT2D eigenvalue weighted by atomic mass is 127. The van der Waals surface area contributed by atoms with E-state index < -0.39 is 12.1 Å². The Morgan fingerprint density at radius 3 is 2.93 bits per heavy atom. The molecule has 1 aromatic rings. The lowest BCUT2D eigenvalue weighted by Crippen LogP contribution is -2.26. The van der Waals surface area contributed by atoms with Gasteiger partial charge in [-0.05, 0) is 62.9 Å². The van der Waals surface area contributed by atoms with Crippen LogP contribution in [0.5, 0.6) is 5.75 Å². The summed E-state index contributed by atoms with van der Waals surface area (Å²) in [5.41, 5.74) is 0.779. The minimum atomic E-state index is -0.989. The third-order valence-electron chi connectivity index (χ3n) is 3.94. The lowest BCUT2D eigenvalue weighted by Gasteiger charge is -2.19. The smallest absolute Gasteiger partial charge is 0.333 e. The summed E-state index contributed by atoms with van der Waals surface area (Å²) in [6.07, 6.45) is 10.1. The molecule has 0 saturated heterocycles. The third kappa shape index (κ3) is 8.32. The quantitative estimate of drug-likeness (QED) is 0.224. The lowest BCUT2D eigenvalue weighted by molar-refractivity contribution is -0.149. The van der Waals surface area contributed by atoms with Crippen LogP contribution in [0.1, 0.15) is 18.9 Å². The van der Waals surface area contributed by atoms with Crippen LogP contribution < -0.4 is 4.74 Å². The van der Waals surface area contributed by atoms with E-state index in [2.05, 4.69) is 69.2 Å². The molecule has 0 fully saturated rings. The number of benzene rings is 1. The summed E-state index contributed by atoms with van der Waals surface area (Å²) in [7, 11) is 0. The van der Waals surface area contributed by atoms with Crippen molar-refractivity contribution in [2.45, 2.75) is 29.3 Å². The van der Waals surface area contributed by atoms with E-state index in [-0.39, 0.29) is 9.84 Å². The standard InChI is InChI=1S/C22H21ClI2O4/c1-2-28-20(21(26)27)14-16-8-9-19(18(23)13-16)29-12-5-3-4-10-22(25)11-6-7-17(24)15-22/h3,5-9,11,13,20H,2,12,14-15H2,1H3,(H,26,27)/b5-3+/t20-,22?/m0/s1. The average molecular weight is 639 g/mol. The zero-order chi connectivity index (χ0) is 21.3. The normalized spacial score (nSPS) is 19.4. The predicted molar refractivity (Wildman–Crippen MR) is 133 cm³/mol. The molecule has 0 aromatic heterocycles. The molecule has 4 nitrogen and oxygen atoms in total. The molecular weight excluding hydrogens is 617 g/mol. The van der Waals surface area contributed by atoms with Crippen LogP contribution in [-0.4, -0.2) is 33.8 Å². The summed E-state index contributed by atoms with van der Waals surface area (Å²) in [5.74, 6) is 5.88. The van der Waals surface area contributed by atoms with E-state index >= 15 is 0 Å². The van der Waals surface area contributed by atoms with Crippen LogP contribution in [0.3, 0.4) is 0 Å². The highest BCUT2D eigenvalue weighted by Gasteiger charge is 2.23. The van der Waals surface area contributed by atoms with Crippen LogP contribution in [0.15, 0.2) is 52.2 Å². The molecule has 0 spiro atoms. The van der Waals surface area contributed by atoms with Gasteiger partial charge in [-0.2, -0.15) is 0 Å². The van der Waals surface area contributed by atoms with Crippen molar-refractivity contribution in [3.63, 3.8) is 0 Å². The number of rotatable bonds is 8. The Morgan fingerprint density at radius 1 is 1.48 bits per heavy atom. The highest BCUT2D eigenvalue weighted by molar-refractivity contribution is 14.1. The van der Waals surface area contributed by atoms with Gasteiger partial charge in [-0.1, -0.05) is 70.3 Å². The number of carboxylic acid groups (broad SMARTS) is 1. The molecule has 29 heavy (non-hydrogen) atoms. The Balaban J connectivity index is 1.88. The number of aliphatic carboxylic acids is 1. The van der Waals surface area contributed by atoms with Crippen molar-refractivity contribution in [1.29, 1.82) is 0 Å². The van der Waals surface area contributed by atoms with Crippen molar-refractivity contribution in [2.24, 2.45) is 0 Å². The van der Waals surface area contributed by atoms with Crippen LogP contribution in [0, 0.1) is 11.8 Å². The van der Waals surface area contributed by atoms with Crippen LogP contribution in [0.2, 0.25) is 5.02 Å². The second-order valence-corrected chi connectivity index (χ2v) is 9.96. The Bertz CT molecular complexity index is 883. The van der Waals surface area contributed by atoms with Gasteiger partial charge in [-0.3, -0.25) is 0 Å². The molecule has 154 valence electrons. The molecule has 2 atom stereocenters. The first-order valence-electron chi connectivity index (χ1n) is 8.99. The number of allylic oxidation sites excluding steroid dienone is 5. The molecule has 0 amide bonds. The maximum absolute atomic E-state index is 11.2. The van der Waals surface area contributed by atoms with Gasteiger partial charge in [-0.25, -0.2) is 4.79 Å². The average Bonchev–Trinajstić information content (AvgIpc) is 2.65. The molecular formula is C22H21ClI2O4. The molecule has 2 rings (SSSR count). The molecule has 1 aliphatic rings. The molecule has 1 aromatic carbocycles. The number of alkyl halides is 1. The zero-order valence-corrected chi connectivity index (χ0v) is 20.9. The molecule has 1 unspecified atom stereocenters. The Hall–Kier alpha value is -1.02.